The van der Waals surface area contributed by atoms with Gasteiger partial charge in [0, 0.05) is 0 Å². The molecule has 0 fully saturated rings. The van der Waals surface area contributed by atoms with Crippen LogP contribution in [0.2, 0.25) is 5.02 Å². The first-order chi connectivity index (χ1) is 8.72. The molecule has 0 aliphatic carbocycles. The van der Waals surface area contributed by atoms with Crippen LogP contribution in [-0.2, 0) is 13.1 Å². The number of nitrogens with one attached hydrogen (secondary N) is 1. The number of aliphatic hydroxyl groups is 1. The van der Waals surface area contributed by atoms with Crippen LogP contribution in [0.3, 0.4) is 0 Å². The molecule has 0 aromatic carbocycles. The zero-order valence-corrected chi connectivity index (χ0v) is 9.96. The molecule has 2 rings (SSSR count). The van der Waals surface area contributed by atoms with Crippen LogP contribution in [0.25, 0.3) is 0 Å². The maximum atomic E-state index is 11.7. The zero-order valence-electron chi connectivity index (χ0n) is 9.21. The lowest BCUT2D eigenvalue weighted by molar-refractivity contribution is 0.266. The lowest BCUT2D eigenvalue weighted by atomic mass is 10.4. The summed E-state index contributed by atoms with van der Waals surface area (Å²) in [5.41, 5.74) is -0.0931. The van der Waals surface area contributed by atoms with Crippen molar-refractivity contribution in [2.24, 2.45) is 0 Å². The van der Waals surface area contributed by atoms with E-state index in [4.69, 9.17) is 16.7 Å². The smallest absolute Gasteiger partial charge is 0.287 e. The van der Waals surface area contributed by atoms with Gasteiger partial charge >= 0.3 is 0 Å². The topological polar surface area (TPSA) is 106 Å². The lowest BCUT2D eigenvalue weighted by Crippen LogP contribution is -2.25. The molecule has 0 unspecified atom stereocenters. The van der Waals surface area contributed by atoms with E-state index in [1.165, 1.54) is 12.6 Å². The standard InChI is InChI=1S/C9H10ClN5O3/c10-8-6(11-4-7-12-5-18-14-7)3-13-15(1-2-16)9(8)17/h3,5,11,16H,1-2,4H2. The van der Waals surface area contributed by atoms with Crippen molar-refractivity contribution in [3.05, 3.63) is 33.8 Å². The summed E-state index contributed by atoms with van der Waals surface area (Å²) in [7, 11) is 0. The summed E-state index contributed by atoms with van der Waals surface area (Å²) in [5.74, 6) is 0.436. The number of aliphatic hydroxyl groups excluding tert-OH is 1. The molecule has 2 heterocycles. The average Bonchev–Trinajstić information content (AvgIpc) is 2.87. The molecule has 9 heteroatoms. The maximum absolute atomic E-state index is 11.7. The quantitative estimate of drug-likeness (QED) is 0.781. The van der Waals surface area contributed by atoms with E-state index in [0.29, 0.717) is 11.5 Å². The van der Waals surface area contributed by atoms with Gasteiger partial charge in [0.25, 0.3) is 5.56 Å². The van der Waals surface area contributed by atoms with Gasteiger partial charge in [-0.05, 0) is 0 Å². The molecule has 0 saturated heterocycles. The fraction of sp³-hybridized carbons (Fsp3) is 0.333. The van der Waals surface area contributed by atoms with Gasteiger partial charge in [0.05, 0.1) is 31.6 Å². The van der Waals surface area contributed by atoms with Crippen molar-refractivity contribution in [1.29, 1.82) is 0 Å². The Morgan fingerprint density at radius 3 is 3.06 bits per heavy atom. The van der Waals surface area contributed by atoms with Crippen molar-refractivity contribution in [3.8, 4) is 0 Å². The number of halogens is 1. The van der Waals surface area contributed by atoms with Gasteiger partial charge in [0.1, 0.15) is 5.02 Å². The van der Waals surface area contributed by atoms with Crippen molar-refractivity contribution < 1.29 is 9.63 Å². The highest BCUT2D eigenvalue weighted by Crippen LogP contribution is 2.15. The Hall–Kier alpha value is -1.93. The monoisotopic (exact) mass is 271 g/mol. The van der Waals surface area contributed by atoms with Crippen LogP contribution < -0.4 is 10.9 Å². The summed E-state index contributed by atoms with van der Waals surface area (Å²) in [6.45, 7) is 0.184. The van der Waals surface area contributed by atoms with Gasteiger partial charge in [-0.2, -0.15) is 10.1 Å². The van der Waals surface area contributed by atoms with Crippen molar-refractivity contribution in [2.45, 2.75) is 13.1 Å². The van der Waals surface area contributed by atoms with E-state index in [1.807, 2.05) is 0 Å². The van der Waals surface area contributed by atoms with Crippen molar-refractivity contribution in [2.75, 3.05) is 11.9 Å². The van der Waals surface area contributed by atoms with Crippen molar-refractivity contribution in [3.63, 3.8) is 0 Å². The molecule has 96 valence electrons. The van der Waals surface area contributed by atoms with Gasteiger partial charge < -0.3 is 14.9 Å². The molecular formula is C9H10ClN5O3. The molecule has 0 amide bonds. The van der Waals surface area contributed by atoms with E-state index in [1.54, 1.807) is 0 Å². The summed E-state index contributed by atoms with van der Waals surface area (Å²) < 4.78 is 5.65. The second kappa shape index (κ2) is 5.61. The molecule has 0 bridgehead atoms. The van der Waals surface area contributed by atoms with Crippen molar-refractivity contribution in [1.82, 2.24) is 19.9 Å². The second-order valence-electron chi connectivity index (χ2n) is 3.33. The Labute approximate surface area is 106 Å². The number of nitrogens with zero attached hydrogens (tertiary/aromatic N) is 4. The van der Waals surface area contributed by atoms with Crippen LogP contribution in [0.1, 0.15) is 5.82 Å². The van der Waals surface area contributed by atoms with Gasteiger partial charge in [-0.15, -0.1) is 0 Å². The summed E-state index contributed by atoms with van der Waals surface area (Å²) >= 11 is 5.89. The van der Waals surface area contributed by atoms with Crippen LogP contribution in [0.5, 0.6) is 0 Å². The molecular weight excluding hydrogens is 262 g/mol. The molecule has 2 aromatic heterocycles. The predicted molar refractivity (Wildman–Crippen MR) is 62.2 cm³/mol. The van der Waals surface area contributed by atoms with E-state index < -0.39 is 5.56 Å². The summed E-state index contributed by atoms with van der Waals surface area (Å²) in [6, 6.07) is 0. The minimum absolute atomic E-state index is 0.00180. The minimum Gasteiger partial charge on any atom is -0.394 e. The van der Waals surface area contributed by atoms with Gasteiger partial charge in [-0.3, -0.25) is 4.79 Å². The lowest BCUT2D eigenvalue weighted by Gasteiger charge is -2.07. The largest absolute Gasteiger partial charge is 0.394 e. The third kappa shape index (κ3) is 2.66. The third-order valence-corrected chi connectivity index (χ3v) is 2.51. The molecule has 0 aliphatic heterocycles. The Balaban J connectivity index is 2.14. The highest BCUT2D eigenvalue weighted by atomic mass is 35.5. The third-order valence-electron chi connectivity index (χ3n) is 2.14. The van der Waals surface area contributed by atoms with Gasteiger partial charge in [0.15, 0.2) is 5.82 Å². The van der Waals surface area contributed by atoms with Crippen LogP contribution in [0, 0.1) is 0 Å². The average molecular weight is 272 g/mol. The molecule has 0 aliphatic rings. The SMILES string of the molecule is O=c1c(Cl)c(NCc2ncon2)cnn1CCO. The Morgan fingerprint density at radius 2 is 2.39 bits per heavy atom. The number of hydrogen-bond acceptors (Lipinski definition) is 7. The van der Waals surface area contributed by atoms with Crippen LogP contribution in [0.4, 0.5) is 5.69 Å². The fourth-order valence-electron chi connectivity index (χ4n) is 1.29. The molecule has 0 saturated carbocycles. The summed E-state index contributed by atoms with van der Waals surface area (Å²) in [5, 5.41) is 19.1. The van der Waals surface area contributed by atoms with E-state index in [0.717, 1.165) is 4.68 Å². The highest BCUT2D eigenvalue weighted by Gasteiger charge is 2.09. The van der Waals surface area contributed by atoms with Crippen LogP contribution in [-0.4, -0.2) is 31.6 Å². The Kier molecular flexibility index (Phi) is 3.90. The predicted octanol–water partition coefficient (Wildman–Crippen LogP) is -0.116. The molecule has 0 atom stereocenters. The summed E-state index contributed by atoms with van der Waals surface area (Å²) in [4.78, 5) is 15.5. The normalized spacial score (nSPS) is 10.6. The molecule has 18 heavy (non-hydrogen) atoms. The first-order valence-electron chi connectivity index (χ1n) is 5.08. The van der Waals surface area contributed by atoms with E-state index in [9.17, 15) is 4.79 Å². The first-order valence-corrected chi connectivity index (χ1v) is 5.45. The Morgan fingerprint density at radius 1 is 1.56 bits per heavy atom. The molecule has 0 radical (unpaired) electrons. The fourth-order valence-corrected chi connectivity index (χ4v) is 1.50. The van der Waals surface area contributed by atoms with E-state index in [2.05, 4.69) is 25.1 Å². The number of rotatable bonds is 5. The number of aromatic nitrogens is 4. The van der Waals surface area contributed by atoms with E-state index in [-0.39, 0.29) is 24.7 Å². The van der Waals surface area contributed by atoms with E-state index >= 15 is 0 Å². The molecule has 0 spiro atoms. The van der Waals surface area contributed by atoms with Gasteiger partial charge in [-0.25, -0.2) is 4.68 Å². The second-order valence-corrected chi connectivity index (χ2v) is 3.70. The van der Waals surface area contributed by atoms with Crippen LogP contribution >= 0.6 is 11.6 Å². The van der Waals surface area contributed by atoms with Gasteiger partial charge in [-0.1, -0.05) is 16.8 Å². The first kappa shape index (κ1) is 12.5. The molecule has 8 nitrogen and oxygen atoms in total. The zero-order chi connectivity index (χ0) is 13.0. The summed E-state index contributed by atoms with van der Waals surface area (Å²) in [6.07, 6.45) is 2.61. The number of anilines is 1. The number of hydrogen-bond donors (Lipinski definition) is 2. The van der Waals surface area contributed by atoms with Crippen molar-refractivity contribution >= 4 is 17.3 Å². The molecule has 2 aromatic rings. The molecule has 2 N–H and O–H groups in total. The van der Waals surface area contributed by atoms with Crippen LogP contribution in [0.15, 0.2) is 21.9 Å². The highest BCUT2D eigenvalue weighted by molar-refractivity contribution is 6.32. The van der Waals surface area contributed by atoms with Gasteiger partial charge in [0.2, 0.25) is 6.39 Å². The minimum atomic E-state index is -0.469. The maximum Gasteiger partial charge on any atom is 0.287 e. The Bertz CT molecular complexity index is 568.